The first-order valence-corrected chi connectivity index (χ1v) is 13.9. The van der Waals surface area contributed by atoms with Gasteiger partial charge in [0.05, 0.1) is 0 Å². The Morgan fingerprint density at radius 3 is 1.53 bits per heavy atom. The minimum absolute atomic E-state index is 0.530. The van der Waals surface area contributed by atoms with Crippen LogP contribution in [0.3, 0.4) is 0 Å². The van der Waals surface area contributed by atoms with Crippen molar-refractivity contribution in [3.05, 3.63) is 0 Å². The Bertz CT molecular complexity index is 255. The molecule has 0 aromatic rings. The quantitative estimate of drug-likeness (QED) is 0.419. The maximum atomic E-state index is 5.66. The summed E-state index contributed by atoms with van der Waals surface area (Å²) in [6.45, 7) is 9.86. The molecule has 104 valence electrons. The molecule has 0 atom stereocenters. The van der Waals surface area contributed by atoms with Gasteiger partial charge in [0.2, 0.25) is 0 Å². The molecule has 17 heavy (non-hydrogen) atoms. The maximum absolute atomic E-state index is 5.66. The normalized spacial score (nSPS) is 12.9. The van der Waals surface area contributed by atoms with Gasteiger partial charge in [0.25, 0.3) is 0 Å². The van der Waals surface area contributed by atoms with Gasteiger partial charge in [-0.1, -0.05) is 0 Å². The fourth-order valence-corrected chi connectivity index (χ4v) is 21.1. The van der Waals surface area contributed by atoms with E-state index in [0.29, 0.717) is 26.4 Å². The van der Waals surface area contributed by atoms with E-state index in [1.807, 2.05) is 27.7 Å². The predicted molar refractivity (Wildman–Crippen MR) is 81.1 cm³/mol. The summed E-state index contributed by atoms with van der Waals surface area (Å²) in [7, 11) is 0. The summed E-state index contributed by atoms with van der Waals surface area (Å²) in [6, 6.07) is 0. The third-order valence-electron chi connectivity index (χ3n) is 1.35. The van der Waals surface area contributed by atoms with E-state index < -0.39 is 10.9 Å². The van der Waals surface area contributed by atoms with E-state index in [9.17, 15) is 0 Å². The van der Waals surface area contributed by atoms with Crippen LogP contribution in [-0.2, 0) is 29.9 Å². The van der Waals surface area contributed by atoms with Crippen LogP contribution >= 0.6 is 21.9 Å². The summed E-state index contributed by atoms with van der Waals surface area (Å²) in [6.07, 6.45) is 0. The molecule has 0 saturated heterocycles. The molecule has 0 N–H and O–H groups in total. The molecule has 0 saturated carbocycles. The molecule has 0 aromatic carbocycles. The minimum atomic E-state index is -2.38. The average Bonchev–Trinajstić information content (AvgIpc) is 2.17. The molecule has 0 aromatic heterocycles. The predicted octanol–water partition coefficient (Wildman–Crippen LogP) is 3.94. The molecule has 0 amide bonds. The van der Waals surface area contributed by atoms with Crippen LogP contribution in [0.5, 0.6) is 0 Å². The molecule has 0 aliphatic rings. The van der Waals surface area contributed by atoms with Gasteiger partial charge in [0.15, 0.2) is 0 Å². The third kappa shape index (κ3) is 7.84. The molecule has 0 unspecified atom stereocenters. The number of rotatable bonds is 10. The van der Waals surface area contributed by atoms with E-state index in [2.05, 4.69) is 15.1 Å². The van der Waals surface area contributed by atoms with Crippen LogP contribution in [-0.4, -0.2) is 41.5 Å². The fourth-order valence-electron chi connectivity index (χ4n) is 0.924. The van der Waals surface area contributed by atoms with Gasteiger partial charge < -0.3 is 0 Å². The van der Waals surface area contributed by atoms with Crippen molar-refractivity contribution in [1.29, 1.82) is 0 Å². The van der Waals surface area contributed by atoms with Gasteiger partial charge in [-0.3, -0.25) is 0 Å². The Morgan fingerprint density at radius 1 is 0.882 bits per heavy atom. The zero-order valence-electron chi connectivity index (χ0n) is 10.6. The average molecular weight is 385 g/mol. The summed E-state index contributed by atoms with van der Waals surface area (Å²) < 4.78 is 22.5. The second kappa shape index (κ2) is 9.66. The van der Waals surface area contributed by atoms with Crippen molar-refractivity contribution in [1.82, 2.24) is 0 Å². The van der Waals surface area contributed by atoms with Crippen LogP contribution in [0.1, 0.15) is 27.7 Å². The molecule has 9 heteroatoms. The molecule has 0 radical (unpaired) electrons. The number of hydrogen-bond donors (Lipinski definition) is 0. The van der Waals surface area contributed by atoms with Gasteiger partial charge in [-0.15, -0.1) is 0 Å². The summed E-state index contributed by atoms with van der Waals surface area (Å²) in [5.41, 5.74) is -2.38. The van der Waals surface area contributed by atoms with Gasteiger partial charge in [-0.05, 0) is 0 Å². The Morgan fingerprint density at radius 2 is 1.24 bits per heavy atom. The standard InChI is InChI=1S/C8H20O4P2S2Se/c1-5-9-13(15,10-6-2)16-14(17,11-7-3)12-8-4/h5-8H2,1-4H3. The van der Waals surface area contributed by atoms with Gasteiger partial charge in [0.1, 0.15) is 0 Å². The van der Waals surface area contributed by atoms with E-state index in [1.54, 1.807) is 0 Å². The third-order valence-corrected chi connectivity index (χ3v) is 17.6. The van der Waals surface area contributed by atoms with Crippen molar-refractivity contribution < 1.29 is 18.1 Å². The van der Waals surface area contributed by atoms with Crippen LogP contribution in [0.2, 0.25) is 0 Å². The molecule has 0 aliphatic heterocycles. The monoisotopic (exact) mass is 386 g/mol. The van der Waals surface area contributed by atoms with Crippen molar-refractivity contribution in [2.75, 3.05) is 26.4 Å². The van der Waals surface area contributed by atoms with E-state index >= 15 is 0 Å². The first-order valence-electron chi connectivity index (χ1n) is 5.44. The summed E-state index contributed by atoms with van der Waals surface area (Å²) in [5.74, 6) is 0. The van der Waals surface area contributed by atoms with Crippen molar-refractivity contribution in [2.24, 2.45) is 0 Å². The molecule has 0 spiro atoms. The van der Waals surface area contributed by atoms with E-state index in [0.717, 1.165) is 0 Å². The Balaban J connectivity index is 4.79. The summed E-state index contributed by atoms with van der Waals surface area (Å²) >= 11 is 9.84. The first kappa shape index (κ1) is 18.8. The van der Waals surface area contributed by atoms with Gasteiger partial charge >= 0.3 is 121 Å². The van der Waals surface area contributed by atoms with Gasteiger partial charge in [-0.2, -0.15) is 0 Å². The van der Waals surface area contributed by atoms with Crippen LogP contribution < -0.4 is 0 Å². The molecular weight excluding hydrogens is 365 g/mol. The molecular formula is C8H20O4P2S2Se. The zero-order valence-corrected chi connectivity index (χ0v) is 15.7. The van der Waals surface area contributed by atoms with Crippen molar-refractivity contribution in [3.63, 3.8) is 0 Å². The topological polar surface area (TPSA) is 36.9 Å². The molecule has 4 nitrogen and oxygen atoms in total. The Hall–Kier alpha value is 1.79. The molecule has 0 rings (SSSR count). The zero-order chi connectivity index (χ0) is 13.4. The van der Waals surface area contributed by atoms with Gasteiger partial charge in [-0.25, -0.2) is 0 Å². The van der Waals surface area contributed by atoms with Crippen molar-refractivity contribution in [2.45, 2.75) is 27.7 Å². The van der Waals surface area contributed by atoms with Crippen LogP contribution in [0.25, 0.3) is 0 Å². The molecule has 0 heterocycles. The van der Waals surface area contributed by atoms with Crippen LogP contribution in [0, 0.1) is 0 Å². The SMILES string of the molecule is CCOP(=S)(OCC)SP(=[Se])(OCC)OCC. The van der Waals surface area contributed by atoms with Crippen molar-refractivity contribution >= 4 is 48.8 Å². The Labute approximate surface area is 121 Å². The molecule has 0 bridgehead atoms. The van der Waals surface area contributed by atoms with Crippen LogP contribution in [0.15, 0.2) is 0 Å². The van der Waals surface area contributed by atoms with E-state index in [1.165, 1.54) is 11.0 Å². The first-order chi connectivity index (χ1) is 7.95. The summed E-state index contributed by atoms with van der Waals surface area (Å²) in [4.78, 5) is 0. The molecule has 0 aliphatic carbocycles. The number of hydrogen-bond acceptors (Lipinski definition) is 6. The molecule has 0 fully saturated rings. The summed E-state index contributed by atoms with van der Waals surface area (Å²) in [5, 5.41) is -2.16. The second-order valence-corrected chi connectivity index (χ2v) is 17.2. The van der Waals surface area contributed by atoms with E-state index in [-0.39, 0.29) is 0 Å². The fraction of sp³-hybridized carbons (Fsp3) is 1.00. The van der Waals surface area contributed by atoms with Crippen LogP contribution in [0.4, 0.5) is 0 Å². The van der Waals surface area contributed by atoms with E-state index in [4.69, 9.17) is 29.9 Å². The van der Waals surface area contributed by atoms with Crippen molar-refractivity contribution in [3.8, 4) is 0 Å². The second-order valence-electron chi connectivity index (χ2n) is 2.65. The Kier molecular flexibility index (Phi) is 10.7. The van der Waals surface area contributed by atoms with Gasteiger partial charge in [0, 0.05) is 0 Å².